The minimum atomic E-state index is 0.282. The van der Waals surface area contributed by atoms with E-state index >= 15 is 0 Å². The molecule has 1 N–H and O–H groups in total. The fourth-order valence-electron chi connectivity index (χ4n) is 2.81. The molecule has 2 aromatic rings. The van der Waals surface area contributed by atoms with Crippen LogP contribution in [0.2, 0.25) is 0 Å². The van der Waals surface area contributed by atoms with E-state index in [1.54, 1.807) is 11.3 Å². The molecule has 0 aliphatic carbocycles. The van der Waals surface area contributed by atoms with Gasteiger partial charge in [-0.05, 0) is 37.0 Å². The number of piperidine rings is 1. The Morgan fingerprint density at radius 3 is 3.04 bits per heavy atom. The number of benzene rings is 1. The van der Waals surface area contributed by atoms with Crippen LogP contribution < -0.4 is 5.32 Å². The number of hydrogen-bond acceptors (Lipinski definition) is 4. The molecule has 1 amide bonds. The number of carbonyl (C=O) groups is 1. The van der Waals surface area contributed by atoms with Crippen molar-refractivity contribution in [2.75, 3.05) is 11.9 Å². The lowest BCUT2D eigenvalue weighted by Gasteiger charge is -2.26. The first-order chi connectivity index (χ1) is 11.2. The number of rotatable bonds is 6. The number of amides is 1. The summed E-state index contributed by atoms with van der Waals surface area (Å²) in [4.78, 5) is 18.5. The molecule has 1 aliphatic heterocycles. The lowest BCUT2D eigenvalue weighted by molar-refractivity contribution is -0.133. The number of hydrogen-bond donors (Lipinski definition) is 1. The van der Waals surface area contributed by atoms with E-state index in [-0.39, 0.29) is 5.91 Å². The van der Waals surface area contributed by atoms with Gasteiger partial charge in [0.15, 0.2) is 0 Å². The molecule has 0 unspecified atom stereocenters. The third-order valence-electron chi connectivity index (χ3n) is 4.10. The van der Waals surface area contributed by atoms with Crippen LogP contribution in [0.3, 0.4) is 0 Å². The third-order valence-corrected chi connectivity index (χ3v) is 5.14. The smallest absolute Gasteiger partial charge is 0.222 e. The minimum Gasteiger partial charge on any atom is -0.379 e. The van der Waals surface area contributed by atoms with Crippen LogP contribution in [0.1, 0.15) is 42.5 Å². The number of anilines is 1. The van der Waals surface area contributed by atoms with Crippen LogP contribution in [0, 0.1) is 0 Å². The number of thiazole rings is 1. The van der Waals surface area contributed by atoms with Crippen LogP contribution in [0.5, 0.6) is 0 Å². The van der Waals surface area contributed by atoms with Crippen molar-refractivity contribution in [3.63, 3.8) is 0 Å². The molecule has 0 saturated carbocycles. The number of aryl methyl sites for hydroxylation is 1. The predicted molar refractivity (Wildman–Crippen MR) is 94.5 cm³/mol. The monoisotopic (exact) mass is 329 g/mol. The van der Waals surface area contributed by atoms with Crippen molar-refractivity contribution in [2.24, 2.45) is 0 Å². The molecule has 0 bridgehead atoms. The van der Waals surface area contributed by atoms with Gasteiger partial charge < -0.3 is 10.2 Å². The van der Waals surface area contributed by atoms with Gasteiger partial charge in [0.05, 0.1) is 17.2 Å². The van der Waals surface area contributed by atoms with Gasteiger partial charge in [-0.15, -0.1) is 11.3 Å². The van der Waals surface area contributed by atoms with Crippen molar-refractivity contribution in [3.05, 3.63) is 45.9 Å². The molecule has 2 heterocycles. The Labute approximate surface area is 141 Å². The van der Waals surface area contributed by atoms with E-state index < -0.39 is 0 Å². The number of likely N-dealkylation sites (tertiary alicyclic amines) is 1. The summed E-state index contributed by atoms with van der Waals surface area (Å²) in [6, 6.07) is 8.33. The second-order valence-corrected chi connectivity index (χ2v) is 6.86. The molecule has 0 atom stereocenters. The Bertz CT molecular complexity index is 668. The van der Waals surface area contributed by atoms with Crippen molar-refractivity contribution < 1.29 is 4.79 Å². The van der Waals surface area contributed by atoms with Gasteiger partial charge in [-0.25, -0.2) is 4.98 Å². The van der Waals surface area contributed by atoms with E-state index in [1.165, 1.54) is 10.6 Å². The molecule has 0 radical (unpaired) electrons. The minimum absolute atomic E-state index is 0.282. The highest BCUT2D eigenvalue weighted by molar-refractivity contribution is 7.09. The lowest BCUT2D eigenvalue weighted by Crippen LogP contribution is -2.34. The van der Waals surface area contributed by atoms with Gasteiger partial charge in [-0.1, -0.05) is 19.1 Å². The van der Waals surface area contributed by atoms with Gasteiger partial charge in [0, 0.05) is 30.6 Å². The van der Waals surface area contributed by atoms with Gasteiger partial charge in [0.2, 0.25) is 5.91 Å². The zero-order valence-corrected chi connectivity index (χ0v) is 14.4. The zero-order chi connectivity index (χ0) is 16.1. The fraction of sp³-hybridized carbons (Fsp3) is 0.444. The van der Waals surface area contributed by atoms with E-state index in [9.17, 15) is 4.79 Å². The van der Waals surface area contributed by atoms with Crippen LogP contribution >= 0.6 is 11.3 Å². The van der Waals surface area contributed by atoms with E-state index in [2.05, 4.69) is 40.8 Å². The summed E-state index contributed by atoms with van der Waals surface area (Å²) < 4.78 is 0. The highest BCUT2D eigenvalue weighted by Crippen LogP contribution is 2.18. The Morgan fingerprint density at radius 1 is 1.35 bits per heavy atom. The highest BCUT2D eigenvalue weighted by Gasteiger charge is 2.17. The van der Waals surface area contributed by atoms with Gasteiger partial charge >= 0.3 is 0 Å². The van der Waals surface area contributed by atoms with Gasteiger partial charge in [-0.3, -0.25) is 4.79 Å². The molecular formula is C18H23N3OS. The molecule has 122 valence electrons. The second-order valence-electron chi connectivity index (χ2n) is 5.91. The molecule has 1 fully saturated rings. The van der Waals surface area contributed by atoms with Gasteiger partial charge in [0.1, 0.15) is 0 Å². The standard InChI is InChI=1S/C18H23N3OS/c1-2-17-20-16(13-23-17)11-19-15-7-5-6-14(10-15)12-21-9-4-3-8-18(21)22/h5-7,10,13,19H,2-4,8-9,11-12H2,1H3. The van der Waals surface area contributed by atoms with Crippen LogP contribution in [0.25, 0.3) is 0 Å². The van der Waals surface area contributed by atoms with Crippen molar-refractivity contribution in [3.8, 4) is 0 Å². The normalized spacial score (nSPS) is 15.0. The maximum Gasteiger partial charge on any atom is 0.222 e. The van der Waals surface area contributed by atoms with E-state index in [1.807, 2.05) is 11.0 Å². The van der Waals surface area contributed by atoms with Gasteiger partial charge in [-0.2, -0.15) is 0 Å². The average molecular weight is 329 g/mol. The van der Waals surface area contributed by atoms with Crippen LogP contribution in [0.4, 0.5) is 5.69 Å². The molecular weight excluding hydrogens is 306 g/mol. The third kappa shape index (κ3) is 4.32. The molecule has 3 rings (SSSR count). The molecule has 0 spiro atoms. The van der Waals surface area contributed by atoms with Crippen LogP contribution in [0.15, 0.2) is 29.6 Å². The highest BCUT2D eigenvalue weighted by atomic mass is 32.1. The number of aromatic nitrogens is 1. The molecule has 5 heteroatoms. The van der Waals surface area contributed by atoms with Crippen LogP contribution in [-0.2, 0) is 24.3 Å². The van der Waals surface area contributed by atoms with Crippen molar-refractivity contribution in [1.29, 1.82) is 0 Å². The molecule has 1 aliphatic rings. The molecule has 1 aromatic heterocycles. The average Bonchev–Trinajstić information content (AvgIpc) is 3.04. The molecule has 1 saturated heterocycles. The van der Waals surface area contributed by atoms with Crippen LogP contribution in [-0.4, -0.2) is 22.3 Å². The Morgan fingerprint density at radius 2 is 2.26 bits per heavy atom. The number of carbonyl (C=O) groups excluding carboxylic acids is 1. The lowest BCUT2D eigenvalue weighted by atomic mass is 10.1. The van der Waals surface area contributed by atoms with E-state index in [0.29, 0.717) is 13.0 Å². The van der Waals surface area contributed by atoms with E-state index in [4.69, 9.17) is 0 Å². The summed E-state index contributed by atoms with van der Waals surface area (Å²) in [5.74, 6) is 0.282. The largest absolute Gasteiger partial charge is 0.379 e. The first kappa shape index (κ1) is 16.0. The first-order valence-electron chi connectivity index (χ1n) is 8.28. The maximum absolute atomic E-state index is 11.9. The Balaban J connectivity index is 1.59. The van der Waals surface area contributed by atoms with Gasteiger partial charge in [0.25, 0.3) is 0 Å². The summed E-state index contributed by atoms with van der Waals surface area (Å²) in [6.45, 7) is 4.46. The molecule has 23 heavy (non-hydrogen) atoms. The summed E-state index contributed by atoms with van der Waals surface area (Å²) in [5.41, 5.74) is 3.35. The number of nitrogens with one attached hydrogen (secondary N) is 1. The Hall–Kier alpha value is -1.88. The van der Waals surface area contributed by atoms with Crippen molar-refractivity contribution in [1.82, 2.24) is 9.88 Å². The SMILES string of the molecule is CCc1nc(CNc2cccc(CN3CCCCC3=O)c2)cs1. The first-order valence-corrected chi connectivity index (χ1v) is 9.16. The zero-order valence-electron chi connectivity index (χ0n) is 13.5. The summed E-state index contributed by atoms with van der Waals surface area (Å²) in [5, 5.41) is 6.72. The summed E-state index contributed by atoms with van der Waals surface area (Å²) in [6.07, 6.45) is 3.84. The summed E-state index contributed by atoms with van der Waals surface area (Å²) >= 11 is 1.72. The predicted octanol–water partition coefficient (Wildman–Crippen LogP) is 3.83. The number of nitrogens with zero attached hydrogens (tertiary/aromatic N) is 2. The quantitative estimate of drug-likeness (QED) is 0.876. The van der Waals surface area contributed by atoms with Crippen molar-refractivity contribution in [2.45, 2.75) is 45.7 Å². The topological polar surface area (TPSA) is 45.2 Å². The van der Waals surface area contributed by atoms with E-state index in [0.717, 1.165) is 43.7 Å². The molecule has 1 aromatic carbocycles. The fourth-order valence-corrected chi connectivity index (χ4v) is 3.56. The maximum atomic E-state index is 11.9. The Kier molecular flexibility index (Phi) is 5.28. The molecule has 4 nitrogen and oxygen atoms in total. The van der Waals surface area contributed by atoms with Crippen molar-refractivity contribution >= 4 is 22.9 Å². The summed E-state index contributed by atoms with van der Waals surface area (Å²) in [7, 11) is 0. The second kappa shape index (κ2) is 7.59.